The molecule has 0 spiro atoms. The molecule has 1 aromatic heterocycles. The van der Waals surface area contributed by atoms with Crippen LogP contribution in [-0.4, -0.2) is 41.5 Å². The highest BCUT2D eigenvalue weighted by molar-refractivity contribution is 5.91. The molecule has 162 valence electrons. The fourth-order valence-electron chi connectivity index (χ4n) is 3.18. The van der Waals surface area contributed by atoms with Gasteiger partial charge in [-0.2, -0.15) is 0 Å². The lowest BCUT2D eigenvalue weighted by Gasteiger charge is -2.15. The van der Waals surface area contributed by atoms with Gasteiger partial charge < -0.3 is 14.4 Å². The highest BCUT2D eigenvalue weighted by Gasteiger charge is 2.11. The molecule has 0 atom stereocenters. The van der Waals surface area contributed by atoms with Gasteiger partial charge >= 0.3 is 0 Å². The van der Waals surface area contributed by atoms with Crippen LogP contribution in [-0.2, 0) is 11.3 Å². The molecule has 6 nitrogen and oxygen atoms in total. The van der Waals surface area contributed by atoms with Gasteiger partial charge in [0.05, 0.1) is 25.8 Å². The third kappa shape index (κ3) is 5.81. The average Bonchev–Trinajstić information content (AvgIpc) is 2.78. The van der Waals surface area contributed by atoms with Crippen LogP contribution in [0.3, 0.4) is 0 Å². The largest absolute Gasteiger partial charge is 0.493 e. The number of aryl methyl sites for hydroxylation is 1. The van der Waals surface area contributed by atoms with Crippen molar-refractivity contribution < 1.29 is 14.3 Å². The van der Waals surface area contributed by atoms with Crippen LogP contribution in [0.25, 0.3) is 17.0 Å². The maximum Gasteiger partial charge on any atom is 0.246 e. The molecule has 0 unspecified atom stereocenters. The first kappa shape index (κ1) is 22.3. The number of benzene rings is 2. The molecule has 6 heteroatoms. The van der Waals surface area contributed by atoms with Crippen LogP contribution >= 0.6 is 0 Å². The molecule has 0 N–H and O–H groups in total. The first-order chi connectivity index (χ1) is 15.0. The maximum atomic E-state index is 12.6. The van der Waals surface area contributed by atoms with E-state index in [0.29, 0.717) is 30.5 Å². The summed E-state index contributed by atoms with van der Waals surface area (Å²) in [6.07, 6.45) is 5.37. The minimum atomic E-state index is -0.128. The number of carbonyl (C=O) groups excluding carboxylic acids is 1. The predicted molar refractivity (Wildman–Crippen MR) is 123 cm³/mol. The molecule has 3 rings (SSSR count). The number of rotatable bonds is 9. The Bertz CT molecular complexity index is 1080. The first-order valence-corrected chi connectivity index (χ1v) is 10.5. The van der Waals surface area contributed by atoms with E-state index in [4.69, 9.17) is 9.47 Å². The Labute approximate surface area is 183 Å². The van der Waals surface area contributed by atoms with Gasteiger partial charge in [-0.3, -0.25) is 4.79 Å². The van der Waals surface area contributed by atoms with E-state index in [0.717, 1.165) is 35.0 Å². The SMILES string of the molecule is CCCCOc1ccc(/C=C/C(=O)N(C)Cc2nc(C)c3ccccc3n2)cc1OC. The normalized spacial score (nSPS) is 11.1. The number of hydrogen-bond donors (Lipinski definition) is 0. The van der Waals surface area contributed by atoms with Gasteiger partial charge in [0.2, 0.25) is 5.91 Å². The van der Waals surface area contributed by atoms with Crippen LogP contribution in [0.4, 0.5) is 0 Å². The number of ether oxygens (including phenoxy) is 2. The standard InChI is InChI=1S/C25H29N3O3/c1-5-6-15-31-22-13-11-19(16-23(22)30-4)12-14-25(29)28(3)17-24-26-18(2)20-9-7-8-10-21(20)27-24/h7-14,16H,5-6,15,17H2,1-4H3/b14-12+. The number of methoxy groups -OCH3 is 1. The molecule has 0 aliphatic carbocycles. The number of carbonyl (C=O) groups is 1. The number of unbranched alkanes of at least 4 members (excludes halogenated alkanes) is 1. The van der Waals surface area contributed by atoms with Crippen molar-refractivity contribution in [3.8, 4) is 11.5 Å². The molecule has 31 heavy (non-hydrogen) atoms. The van der Waals surface area contributed by atoms with E-state index in [1.807, 2.05) is 49.4 Å². The molecular formula is C25H29N3O3. The summed E-state index contributed by atoms with van der Waals surface area (Å²) >= 11 is 0. The van der Waals surface area contributed by atoms with E-state index in [2.05, 4.69) is 16.9 Å². The molecule has 2 aromatic carbocycles. The zero-order chi connectivity index (χ0) is 22.2. The van der Waals surface area contributed by atoms with Crippen LogP contribution in [0.15, 0.2) is 48.5 Å². The molecule has 0 radical (unpaired) electrons. The quantitative estimate of drug-likeness (QED) is 0.368. The van der Waals surface area contributed by atoms with E-state index in [1.165, 1.54) is 0 Å². The Balaban J connectivity index is 1.66. The summed E-state index contributed by atoms with van der Waals surface area (Å²) < 4.78 is 11.2. The Morgan fingerprint density at radius 1 is 1.13 bits per heavy atom. The number of hydrogen-bond acceptors (Lipinski definition) is 5. The lowest BCUT2D eigenvalue weighted by Crippen LogP contribution is -2.25. The van der Waals surface area contributed by atoms with Crippen LogP contribution in [0.5, 0.6) is 11.5 Å². The number of aromatic nitrogens is 2. The summed E-state index contributed by atoms with van der Waals surface area (Å²) in [5.41, 5.74) is 2.65. The van der Waals surface area contributed by atoms with Crippen molar-refractivity contribution in [1.29, 1.82) is 0 Å². The minimum absolute atomic E-state index is 0.128. The third-order valence-corrected chi connectivity index (χ3v) is 4.96. The Kier molecular flexibility index (Phi) is 7.60. The van der Waals surface area contributed by atoms with Gasteiger partial charge in [0.25, 0.3) is 0 Å². The van der Waals surface area contributed by atoms with Crippen molar-refractivity contribution in [2.24, 2.45) is 0 Å². The summed E-state index contributed by atoms with van der Waals surface area (Å²) in [6, 6.07) is 13.5. The topological polar surface area (TPSA) is 64.5 Å². The molecule has 0 fully saturated rings. The van der Waals surface area contributed by atoms with E-state index < -0.39 is 0 Å². The zero-order valence-corrected chi connectivity index (χ0v) is 18.6. The Morgan fingerprint density at radius 2 is 1.94 bits per heavy atom. The van der Waals surface area contributed by atoms with Crippen LogP contribution < -0.4 is 9.47 Å². The Morgan fingerprint density at radius 3 is 2.71 bits per heavy atom. The smallest absolute Gasteiger partial charge is 0.246 e. The predicted octanol–water partition coefficient (Wildman–Crippen LogP) is 4.80. The van der Waals surface area contributed by atoms with Crippen molar-refractivity contribution in [1.82, 2.24) is 14.9 Å². The van der Waals surface area contributed by atoms with Gasteiger partial charge in [-0.15, -0.1) is 0 Å². The molecule has 0 saturated carbocycles. The highest BCUT2D eigenvalue weighted by atomic mass is 16.5. The molecule has 0 saturated heterocycles. The van der Waals surface area contributed by atoms with Gasteiger partial charge in [0.15, 0.2) is 11.5 Å². The van der Waals surface area contributed by atoms with Gasteiger partial charge in [-0.05, 0) is 43.2 Å². The van der Waals surface area contributed by atoms with Gasteiger partial charge in [-0.1, -0.05) is 37.6 Å². The fraction of sp³-hybridized carbons (Fsp3) is 0.320. The first-order valence-electron chi connectivity index (χ1n) is 10.5. The third-order valence-electron chi connectivity index (χ3n) is 4.96. The van der Waals surface area contributed by atoms with Gasteiger partial charge in [-0.25, -0.2) is 9.97 Å². The summed E-state index contributed by atoms with van der Waals surface area (Å²) in [5.74, 6) is 1.85. The summed E-state index contributed by atoms with van der Waals surface area (Å²) in [5, 5.41) is 1.02. The van der Waals surface area contributed by atoms with E-state index in [9.17, 15) is 4.79 Å². The summed E-state index contributed by atoms with van der Waals surface area (Å²) in [7, 11) is 3.35. The van der Waals surface area contributed by atoms with Crippen molar-refractivity contribution in [2.75, 3.05) is 20.8 Å². The monoisotopic (exact) mass is 419 g/mol. The molecule has 1 heterocycles. The van der Waals surface area contributed by atoms with E-state index in [1.54, 1.807) is 31.2 Å². The van der Waals surface area contributed by atoms with Crippen molar-refractivity contribution in [3.05, 3.63) is 65.6 Å². The molecule has 0 bridgehead atoms. The lowest BCUT2D eigenvalue weighted by molar-refractivity contribution is -0.125. The second kappa shape index (κ2) is 10.6. The van der Waals surface area contributed by atoms with Crippen molar-refractivity contribution >= 4 is 22.9 Å². The summed E-state index contributed by atoms with van der Waals surface area (Å²) in [6.45, 7) is 5.07. The number of likely N-dealkylation sites (N-methyl/N-ethyl adjacent to an activating group) is 1. The molecule has 3 aromatic rings. The zero-order valence-electron chi connectivity index (χ0n) is 18.6. The molecule has 1 amide bonds. The maximum absolute atomic E-state index is 12.6. The molecule has 0 aliphatic rings. The fourth-order valence-corrected chi connectivity index (χ4v) is 3.18. The van der Waals surface area contributed by atoms with Crippen molar-refractivity contribution in [3.63, 3.8) is 0 Å². The number of nitrogens with zero attached hydrogens (tertiary/aromatic N) is 3. The molecular weight excluding hydrogens is 390 g/mol. The van der Waals surface area contributed by atoms with Gasteiger partial charge in [0.1, 0.15) is 5.82 Å². The number of amides is 1. The van der Waals surface area contributed by atoms with Gasteiger partial charge in [0, 0.05) is 24.2 Å². The second-order valence-electron chi connectivity index (χ2n) is 7.38. The highest BCUT2D eigenvalue weighted by Crippen LogP contribution is 2.28. The van der Waals surface area contributed by atoms with Crippen LogP contribution in [0.2, 0.25) is 0 Å². The molecule has 0 aliphatic heterocycles. The number of para-hydroxylation sites is 1. The summed E-state index contributed by atoms with van der Waals surface area (Å²) in [4.78, 5) is 23.3. The van der Waals surface area contributed by atoms with Crippen LogP contribution in [0.1, 0.15) is 36.8 Å². The van der Waals surface area contributed by atoms with Crippen molar-refractivity contribution in [2.45, 2.75) is 33.2 Å². The van der Waals surface area contributed by atoms with E-state index >= 15 is 0 Å². The average molecular weight is 420 g/mol. The number of fused-ring (bicyclic) bond motifs is 1. The Hall–Kier alpha value is -3.41. The minimum Gasteiger partial charge on any atom is -0.493 e. The lowest BCUT2D eigenvalue weighted by atomic mass is 10.2. The second-order valence-corrected chi connectivity index (χ2v) is 7.38. The van der Waals surface area contributed by atoms with Crippen LogP contribution in [0, 0.1) is 6.92 Å². The van der Waals surface area contributed by atoms with E-state index in [-0.39, 0.29) is 5.91 Å².